The van der Waals surface area contributed by atoms with Gasteiger partial charge in [0.2, 0.25) is 0 Å². The summed E-state index contributed by atoms with van der Waals surface area (Å²) in [6.07, 6.45) is 8.03. The number of aldehydes is 1. The van der Waals surface area contributed by atoms with Gasteiger partial charge in [0.1, 0.15) is 42.0 Å². The summed E-state index contributed by atoms with van der Waals surface area (Å²) in [4.78, 5) is 24.2. The maximum Gasteiger partial charge on any atom is 0.309 e. The molecular weight excluding hydrogens is 476 g/mol. The van der Waals surface area contributed by atoms with E-state index in [1.54, 1.807) is 0 Å². The smallest absolute Gasteiger partial charge is 0.309 e. The number of fused-ring (bicyclic) bond motifs is 1. The largest absolute Gasteiger partial charge is 0.457 e. The molecule has 1 fully saturated rings. The first-order chi connectivity index (χ1) is 16.9. The number of benzene rings is 1. The quantitative estimate of drug-likeness (QED) is 0.166. The van der Waals surface area contributed by atoms with Gasteiger partial charge in [-0.2, -0.15) is 4.18 Å². The van der Waals surface area contributed by atoms with Crippen molar-refractivity contribution in [2.24, 2.45) is 5.92 Å². The highest BCUT2D eigenvalue weighted by Gasteiger charge is 2.47. The first-order valence-electron chi connectivity index (χ1n) is 12.6. The zero-order chi connectivity index (χ0) is 26.5. The van der Waals surface area contributed by atoms with Crippen LogP contribution in [0, 0.1) is 5.92 Å². The number of ether oxygens (including phenoxy) is 3. The topological polar surface area (TPSA) is 71.1 Å². The minimum absolute atomic E-state index is 0.0471. The molecular formula is C29H41O6S+. The molecule has 0 bridgehead atoms. The molecule has 0 aliphatic carbocycles. The molecule has 2 aliphatic rings. The van der Waals surface area contributed by atoms with Crippen molar-refractivity contribution in [1.29, 1.82) is 0 Å². The van der Waals surface area contributed by atoms with Gasteiger partial charge in [0.15, 0.2) is 11.0 Å². The lowest BCUT2D eigenvalue weighted by molar-refractivity contribution is -0.151. The molecule has 0 radical (unpaired) electrons. The highest BCUT2D eigenvalue weighted by Crippen LogP contribution is 2.42. The van der Waals surface area contributed by atoms with Crippen LogP contribution in [0.5, 0.6) is 0 Å². The van der Waals surface area contributed by atoms with Crippen molar-refractivity contribution in [3.8, 4) is 0 Å². The standard InChI is InChI=1S/C29H41O6S/c1-20-13-14-24-29(6,34-27(32-24)22-11-9-8-10-12-22)17-15-23(35-36(7)28(3,4)5)19-25(31)33-26(20)21(2)16-18-30/h8-14,16,18,20,23-24,26-27H,15,17,19H2,1-7H3/q+1/b14-13+,21-16+/t20-,23+,24-,26-,27?,29+,36?/m0/s1. The van der Waals surface area contributed by atoms with Crippen LogP contribution in [0.25, 0.3) is 0 Å². The monoisotopic (exact) mass is 517 g/mol. The molecule has 0 spiro atoms. The number of cyclic esters (lactones) is 1. The molecule has 36 heavy (non-hydrogen) atoms. The summed E-state index contributed by atoms with van der Waals surface area (Å²) in [5, 5.41) is 0. The number of esters is 1. The van der Waals surface area contributed by atoms with E-state index in [9.17, 15) is 9.59 Å². The van der Waals surface area contributed by atoms with E-state index in [4.69, 9.17) is 18.4 Å². The molecule has 7 heteroatoms. The predicted octanol–water partition coefficient (Wildman–Crippen LogP) is 5.64. The number of carbonyl (C=O) groups is 2. The molecule has 0 saturated carbocycles. The Labute approximate surface area is 219 Å². The van der Waals surface area contributed by atoms with E-state index in [0.717, 1.165) is 11.8 Å². The van der Waals surface area contributed by atoms with Gasteiger partial charge in [-0.1, -0.05) is 49.4 Å². The van der Waals surface area contributed by atoms with Gasteiger partial charge in [0, 0.05) is 11.5 Å². The summed E-state index contributed by atoms with van der Waals surface area (Å²) < 4.78 is 25.3. The van der Waals surface area contributed by atoms with E-state index in [1.807, 2.05) is 56.3 Å². The highest BCUT2D eigenvalue weighted by atomic mass is 32.2. The van der Waals surface area contributed by atoms with E-state index in [2.05, 4.69) is 34.0 Å². The minimum atomic E-state index is -0.599. The fourth-order valence-corrected chi connectivity index (χ4v) is 5.23. The summed E-state index contributed by atoms with van der Waals surface area (Å²) in [7, 11) is 0. The molecule has 0 amide bonds. The van der Waals surface area contributed by atoms with Crippen molar-refractivity contribution in [2.45, 2.75) is 95.8 Å². The van der Waals surface area contributed by atoms with Gasteiger partial charge in [-0.25, -0.2) is 0 Å². The van der Waals surface area contributed by atoms with Crippen LogP contribution in [0.1, 0.15) is 72.7 Å². The fourth-order valence-electron chi connectivity index (χ4n) is 4.37. The Hall–Kier alpha value is -1.93. The Morgan fingerprint density at radius 1 is 1.19 bits per heavy atom. The van der Waals surface area contributed by atoms with Gasteiger partial charge in [-0.3, -0.25) is 9.59 Å². The number of hydrogen-bond acceptors (Lipinski definition) is 6. The third kappa shape index (κ3) is 7.31. The Morgan fingerprint density at radius 3 is 2.53 bits per heavy atom. The summed E-state index contributed by atoms with van der Waals surface area (Å²) in [5.74, 6) is -0.495. The van der Waals surface area contributed by atoms with E-state index in [1.165, 1.54) is 6.08 Å². The average Bonchev–Trinajstić information content (AvgIpc) is 3.15. The van der Waals surface area contributed by atoms with E-state index >= 15 is 0 Å². The van der Waals surface area contributed by atoms with Crippen molar-refractivity contribution >= 4 is 23.4 Å². The minimum Gasteiger partial charge on any atom is -0.457 e. The van der Waals surface area contributed by atoms with Crippen LogP contribution in [-0.2, 0) is 39.2 Å². The van der Waals surface area contributed by atoms with Gasteiger partial charge in [0.25, 0.3) is 0 Å². The van der Waals surface area contributed by atoms with E-state index in [0.29, 0.717) is 18.4 Å². The van der Waals surface area contributed by atoms with Crippen LogP contribution in [0.2, 0.25) is 0 Å². The maximum absolute atomic E-state index is 13.1. The SMILES string of the molecule is C/C(=C\C=O)[C@H]1OC(=O)C[C@H](O[S+](C)C(C)(C)C)CC[C@@]2(C)OC(c3ccccc3)O[C@H]2/C=C/[C@@H]1C. The van der Waals surface area contributed by atoms with Gasteiger partial charge < -0.3 is 14.2 Å². The molecule has 7 atom stereocenters. The first kappa shape index (κ1) is 28.6. The molecule has 2 unspecified atom stereocenters. The number of rotatable bonds is 5. The molecule has 1 saturated heterocycles. The third-order valence-corrected chi connectivity index (χ3v) is 9.21. The molecule has 3 rings (SSSR count). The van der Waals surface area contributed by atoms with Crippen LogP contribution in [-0.4, -0.2) is 47.2 Å². The zero-order valence-corrected chi connectivity index (χ0v) is 23.4. The van der Waals surface area contributed by atoms with Gasteiger partial charge in [0.05, 0.1) is 12.0 Å². The summed E-state index contributed by atoms with van der Waals surface area (Å²) in [6, 6.07) is 9.92. The second-order valence-electron chi connectivity index (χ2n) is 11.0. The molecule has 6 nitrogen and oxygen atoms in total. The third-order valence-electron chi connectivity index (χ3n) is 6.93. The van der Waals surface area contributed by atoms with Crippen molar-refractivity contribution < 1.29 is 28.0 Å². The Balaban J connectivity index is 1.94. The number of hydrogen-bond donors (Lipinski definition) is 0. The van der Waals surface area contributed by atoms with E-state index in [-0.39, 0.29) is 46.4 Å². The molecule has 1 aromatic rings. The van der Waals surface area contributed by atoms with Gasteiger partial charge >= 0.3 is 5.97 Å². The maximum atomic E-state index is 13.1. The van der Waals surface area contributed by atoms with Crippen molar-refractivity contribution in [3.63, 3.8) is 0 Å². The Morgan fingerprint density at radius 2 is 1.89 bits per heavy atom. The second-order valence-corrected chi connectivity index (χ2v) is 13.3. The molecule has 2 heterocycles. The Bertz CT molecular complexity index is 952. The fraction of sp³-hybridized carbons (Fsp3) is 0.586. The molecule has 0 N–H and O–H groups in total. The lowest BCUT2D eigenvalue weighted by atomic mass is 9.89. The zero-order valence-electron chi connectivity index (χ0n) is 22.6. The van der Waals surface area contributed by atoms with Crippen LogP contribution in [0.15, 0.2) is 54.1 Å². The number of carbonyl (C=O) groups excluding carboxylic acids is 2. The van der Waals surface area contributed by atoms with Gasteiger partial charge in [-0.05, 0) is 59.1 Å². The normalized spacial score (nSPS) is 34.0. The van der Waals surface area contributed by atoms with Crippen molar-refractivity contribution in [1.82, 2.24) is 0 Å². The molecule has 198 valence electrons. The first-order valence-corrected chi connectivity index (χ1v) is 14.2. The molecule has 0 aromatic heterocycles. The number of allylic oxidation sites excluding steroid dienone is 1. The summed E-state index contributed by atoms with van der Waals surface area (Å²) in [6.45, 7) is 12.3. The average molecular weight is 518 g/mol. The molecule has 1 aromatic carbocycles. The van der Waals surface area contributed by atoms with Crippen LogP contribution in [0.3, 0.4) is 0 Å². The highest BCUT2D eigenvalue weighted by molar-refractivity contribution is 7.93. The predicted molar refractivity (Wildman–Crippen MR) is 143 cm³/mol. The summed E-state index contributed by atoms with van der Waals surface area (Å²) >= 11 is -0.367. The summed E-state index contributed by atoms with van der Waals surface area (Å²) in [5.41, 5.74) is 1.07. The lowest BCUT2D eigenvalue weighted by Gasteiger charge is -2.31. The van der Waals surface area contributed by atoms with Crippen molar-refractivity contribution in [3.05, 3.63) is 59.7 Å². The van der Waals surface area contributed by atoms with E-state index < -0.39 is 18.0 Å². The molecule has 2 aliphatic heterocycles. The van der Waals surface area contributed by atoms with Gasteiger partial charge in [-0.15, -0.1) is 0 Å². The van der Waals surface area contributed by atoms with Crippen LogP contribution >= 0.6 is 0 Å². The van der Waals surface area contributed by atoms with Crippen LogP contribution in [0.4, 0.5) is 0 Å². The van der Waals surface area contributed by atoms with Crippen molar-refractivity contribution in [2.75, 3.05) is 6.26 Å². The van der Waals surface area contributed by atoms with Crippen LogP contribution < -0.4 is 0 Å². The lowest BCUT2D eigenvalue weighted by Crippen LogP contribution is -2.39. The second kappa shape index (κ2) is 12.1. The Kier molecular flexibility index (Phi) is 9.61.